The fourth-order valence-electron chi connectivity index (χ4n) is 3.21. The van der Waals surface area contributed by atoms with Crippen molar-refractivity contribution in [2.45, 2.75) is 76.3 Å². The zero-order valence-corrected chi connectivity index (χ0v) is 12.1. The third kappa shape index (κ3) is 6.24. The lowest BCUT2D eigenvalue weighted by Crippen LogP contribution is -2.40. The maximum atomic E-state index is 3.86. The first kappa shape index (κ1) is 14.6. The fourth-order valence-corrected chi connectivity index (χ4v) is 3.21. The van der Waals surface area contributed by atoms with E-state index in [0.717, 1.165) is 12.1 Å². The van der Waals surface area contributed by atoms with Crippen molar-refractivity contribution in [1.29, 1.82) is 0 Å². The molecule has 1 radical (unpaired) electrons. The summed E-state index contributed by atoms with van der Waals surface area (Å²) in [5.74, 6) is 0. The van der Waals surface area contributed by atoms with Gasteiger partial charge in [-0.15, -0.1) is 0 Å². The molecule has 1 heteroatoms. The van der Waals surface area contributed by atoms with Crippen LogP contribution in [0.25, 0.3) is 0 Å². The van der Waals surface area contributed by atoms with E-state index < -0.39 is 0 Å². The molecule has 3 rings (SSSR count). The van der Waals surface area contributed by atoms with E-state index in [1.165, 1.54) is 64.2 Å². The molecule has 2 saturated carbocycles. The number of hydrogen-bond donors (Lipinski definition) is 1. The van der Waals surface area contributed by atoms with E-state index in [-0.39, 0.29) is 0 Å². The molecule has 1 N–H and O–H groups in total. The smallest absolute Gasteiger partial charge is 0.00696 e. The van der Waals surface area contributed by atoms with E-state index in [2.05, 4.69) is 11.4 Å². The molecule has 0 spiro atoms. The summed E-state index contributed by atoms with van der Waals surface area (Å²) >= 11 is 0. The minimum atomic E-state index is 0.872. The van der Waals surface area contributed by atoms with Gasteiger partial charge in [-0.2, -0.15) is 0 Å². The molecule has 2 aliphatic rings. The van der Waals surface area contributed by atoms with Gasteiger partial charge in [-0.1, -0.05) is 68.9 Å². The topological polar surface area (TPSA) is 12.0 Å². The Bertz CT molecular complexity index is 254. The van der Waals surface area contributed by atoms with Crippen molar-refractivity contribution in [3.05, 3.63) is 36.4 Å². The second-order valence-electron chi connectivity index (χ2n) is 5.91. The molecular formula is C18H28N. The van der Waals surface area contributed by atoms with E-state index in [0.29, 0.717) is 0 Å². The lowest BCUT2D eigenvalue weighted by molar-refractivity contribution is 0.291. The molecule has 0 amide bonds. The molecule has 1 aromatic carbocycles. The average molecular weight is 258 g/mol. The Labute approximate surface area is 118 Å². The first-order valence-corrected chi connectivity index (χ1v) is 8.12. The second kappa shape index (κ2) is 9.14. The van der Waals surface area contributed by atoms with Crippen LogP contribution in [0.1, 0.15) is 64.2 Å². The van der Waals surface area contributed by atoms with Gasteiger partial charge in [0, 0.05) is 12.1 Å². The van der Waals surface area contributed by atoms with Crippen molar-refractivity contribution in [3.8, 4) is 0 Å². The van der Waals surface area contributed by atoms with E-state index >= 15 is 0 Å². The molecule has 1 aromatic rings. The maximum Gasteiger partial charge on any atom is 0.00696 e. The Balaban J connectivity index is 0.000000186. The predicted octanol–water partition coefficient (Wildman–Crippen LogP) is 4.73. The molecule has 0 bridgehead atoms. The van der Waals surface area contributed by atoms with Crippen LogP contribution in [-0.4, -0.2) is 12.1 Å². The van der Waals surface area contributed by atoms with Crippen molar-refractivity contribution < 1.29 is 0 Å². The Kier molecular flexibility index (Phi) is 7.02. The summed E-state index contributed by atoms with van der Waals surface area (Å²) in [6.45, 7) is 0. The third-order valence-corrected chi connectivity index (χ3v) is 4.29. The minimum Gasteiger partial charge on any atom is -0.311 e. The van der Waals surface area contributed by atoms with Crippen LogP contribution in [0.5, 0.6) is 0 Å². The number of benzene rings is 1. The van der Waals surface area contributed by atoms with E-state index in [1.54, 1.807) is 0 Å². The zero-order valence-electron chi connectivity index (χ0n) is 12.1. The van der Waals surface area contributed by atoms with Crippen molar-refractivity contribution in [1.82, 2.24) is 5.32 Å². The molecule has 105 valence electrons. The predicted molar refractivity (Wildman–Crippen MR) is 82.2 cm³/mol. The summed E-state index contributed by atoms with van der Waals surface area (Å²) in [6, 6.07) is 14.2. The highest BCUT2D eigenvalue weighted by molar-refractivity contribution is 4.97. The molecule has 2 fully saturated rings. The molecule has 19 heavy (non-hydrogen) atoms. The fraction of sp³-hybridized carbons (Fsp3) is 0.667. The standard InChI is InChI=1S/C12H23N.C6H5/c1-3-7-11(8-4-1)13-12-9-5-2-6-10-12;1-2-4-6-5-3-1/h11-13H,1-10H2;1-5H. The lowest BCUT2D eigenvalue weighted by Gasteiger charge is -2.30. The summed E-state index contributed by atoms with van der Waals surface area (Å²) in [5.41, 5.74) is 0. The van der Waals surface area contributed by atoms with Crippen molar-refractivity contribution in [2.24, 2.45) is 0 Å². The Morgan fingerprint density at radius 1 is 0.632 bits per heavy atom. The number of nitrogens with one attached hydrogen (secondary N) is 1. The van der Waals surface area contributed by atoms with E-state index in [1.807, 2.05) is 30.3 Å². The van der Waals surface area contributed by atoms with Crippen LogP contribution in [-0.2, 0) is 0 Å². The Morgan fingerprint density at radius 3 is 1.42 bits per heavy atom. The largest absolute Gasteiger partial charge is 0.311 e. The van der Waals surface area contributed by atoms with Gasteiger partial charge in [0.15, 0.2) is 0 Å². The highest BCUT2D eigenvalue weighted by atomic mass is 14.9. The van der Waals surface area contributed by atoms with Crippen molar-refractivity contribution in [2.75, 3.05) is 0 Å². The Hall–Kier alpha value is -0.820. The first-order valence-electron chi connectivity index (χ1n) is 8.12. The Morgan fingerprint density at radius 2 is 1.11 bits per heavy atom. The van der Waals surface area contributed by atoms with Gasteiger partial charge < -0.3 is 5.32 Å². The number of rotatable bonds is 2. The lowest BCUT2D eigenvalue weighted by atomic mass is 9.91. The van der Waals surface area contributed by atoms with Gasteiger partial charge >= 0.3 is 0 Å². The van der Waals surface area contributed by atoms with Crippen LogP contribution in [0.15, 0.2) is 30.3 Å². The summed E-state index contributed by atoms with van der Waals surface area (Å²) in [7, 11) is 0. The highest BCUT2D eigenvalue weighted by Gasteiger charge is 2.19. The molecule has 1 nitrogen and oxygen atoms in total. The molecule has 2 aliphatic carbocycles. The molecular weight excluding hydrogens is 230 g/mol. The zero-order chi connectivity index (χ0) is 13.2. The van der Waals surface area contributed by atoms with Gasteiger partial charge in [-0.3, -0.25) is 0 Å². The maximum absolute atomic E-state index is 3.86. The van der Waals surface area contributed by atoms with Crippen LogP contribution in [0.2, 0.25) is 0 Å². The van der Waals surface area contributed by atoms with Crippen LogP contribution in [0.4, 0.5) is 0 Å². The van der Waals surface area contributed by atoms with Gasteiger partial charge in [0.1, 0.15) is 0 Å². The van der Waals surface area contributed by atoms with Gasteiger partial charge in [-0.25, -0.2) is 0 Å². The molecule has 0 heterocycles. The van der Waals surface area contributed by atoms with E-state index in [4.69, 9.17) is 0 Å². The van der Waals surface area contributed by atoms with Gasteiger partial charge in [0.2, 0.25) is 0 Å². The molecule has 0 aromatic heterocycles. The molecule has 0 aliphatic heterocycles. The highest BCUT2D eigenvalue weighted by Crippen LogP contribution is 2.22. The summed E-state index contributed by atoms with van der Waals surface area (Å²) in [5, 5.41) is 3.86. The van der Waals surface area contributed by atoms with Gasteiger partial charge in [0.05, 0.1) is 0 Å². The van der Waals surface area contributed by atoms with E-state index in [9.17, 15) is 0 Å². The SMILES string of the molecule is C1CCC(NC2CCCCC2)CC1.[c]1ccccc1. The van der Waals surface area contributed by atoms with Gasteiger partial charge in [-0.05, 0) is 31.7 Å². The molecule has 0 unspecified atom stereocenters. The summed E-state index contributed by atoms with van der Waals surface area (Å²) in [6.07, 6.45) is 14.6. The normalized spacial score (nSPS) is 21.5. The summed E-state index contributed by atoms with van der Waals surface area (Å²) in [4.78, 5) is 0. The van der Waals surface area contributed by atoms with Crippen molar-refractivity contribution in [3.63, 3.8) is 0 Å². The summed E-state index contributed by atoms with van der Waals surface area (Å²) < 4.78 is 0. The molecule has 0 atom stereocenters. The van der Waals surface area contributed by atoms with Crippen LogP contribution in [0, 0.1) is 6.07 Å². The monoisotopic (exact) mass is 258 g/mol. The van der Waals surface area contributed by atoms with Gasteiger partial charge in [0.25, 0.3) is 0 Å². The van der Waals surface area contributed by atoms with Crippen LogP contribution < -0.4 is 5.32 Å². The second-order valence-corrected chi connectivity index (χ2v) is 5.91. The first-order chi connectivity index (χ1) is 9.45. The van der Waals surface area contributed by atoms with Crippen LogP contribution in [0.3, 0.4) is 0 Å². The molecule has 0 saturated heterocycles. The van der Waals surface area contributed by atoms with Crippen LogP contribution >= 0.6 is 0 Å². The van der Waals surface area contributed by atoms with Crippen molar-refractivity contribution >= 4 is 0 Å². The number of hydrogen-bond acceptors (Lipinski definition) is 1. The minimum absolute atomic E-state index is 0.872. The third-order valence-electron chi connectivity index (χ3n) is 4.29. The quantitative estimate of drug-likeness (QED) is 0.808. The average Bonchev–Trinajstić information content (AvgIpc) is 2.52.